The maximum atomic E-state index is 5.52. The molecule has 0 unspecified atom stereocenters. The summed E-state index contributed by atoms with van der Waals surface area (Å²) in [5.41, 5.74) is 0.849. The average molecular weight is 277 g/mol. The van der Waals surface area contributed by atoms with Gasteiger partial charge in [0.05, 0.1) is 12.3 Å². The fourth-order valence-corrected chi connectivity index (χ4v) is 1.92. The van der Waals surface area contributed by atoms with E-state index in [4.69, 9.17) is 4.74 Å². The minimum absolute atomic E-state index is 0.307. The van der Waals surface area contributed by atoms with E-state index in [1.54, 1.807) is 6.20 Å². The molecule has 6 heteroatoms. The van der Waals surface area contributed by atoms with Crippen molar-refractivity contribution >= 4 is 17.3 Å². The minimum Gasteiger partial charge on any atom is -0.379 e. The first-order chi connectivity index (χ1) is 9.70. The molecule has 0 amide bonds. The van der Waals surface area contributed by atoms with Gasteiger partial charge in [-0.1, -0.05) is 0 Å². The molecule has 0 aliphatic heterocycles. The number of fused-ring (bicyclic) bond motifs is 1. The lowest BCUT2D eigenvalue weighted by molar-refractivity contribution is 0.0765. The second kappa shape index (κ2) is 7.09. The third-order valence-corrected chi connectivity index (χ3v) is 2.94. The summed E-state index contributed by atoms with van der Waals surface area (Å²) in [6, 6.07) is 0. The Labute approximate surface area is 119 Å². The molecule has 0 spiro atoms. The van der Waals surface area contributed by atoms with Crippen LogP contribution in [0.5, 0.6) is 0 Å². The van der Waals surface area contributed by atoms with Crippen LogP contribution >= 0.6 is 0 Å². The second-order valence-electron chi connectivity index (χ2n) is 4.94. The van der Waals surface area contributed by atoms with Crippen molar-refractivity contribution in [2.75, 3.05) is 30.8 Å². The minimum atomic E-state index is 0.307. The van der Waals surface area contributed by atoms with Gasteiger partial charge in [0.15, 0.2) is 11.5 Å². The molecule has 0 aliphatic rings. The molecule has 0 fully saturated rings. The fourth-order valence-electron chi connectivity index (χ4n) is 1.92. The van der Waals surface area contributed by atoms with E-state index in [1.807, 2.05) is 23.8 Å². The summed E-state index contributed by atoms with van der Waals surface area (Å²) in [5.74, 6) is 1.63. The van der Waals surface area contributed by atoms with Gasteiger partial charge in [0.1, 0.15) is 5.82 Å². The molecular weight excluding hydrogens is 254 g/mol. The Morgan fingerprint density at radius 3 is 2.95 bits per heavy atom. The molecule has 2 aromatic rings. The Morgan fingerprint density at radius 1 is 1.35 bits per heavy atom. The van der Waals surface area contributed by atoms with Crippen molar-refractivity contribution < 1.29 is 4.74 Å². The van der Waals surface area contributed by atoms with E-state index in [0.717, 1.165) is 43.3 Å². The van der Waals surface area contributed by atoms with Crippen LogP contribution in [0, 0.1) is 0 Å². The molecule has 2 aromatic heterocycles. The van der Waals surface area contributed by atoms with Gasteiger partial charge in [-0.3, -0.25) is 0 Å². The normalized spacial score (nSPS) is 11.2. The van der Waals surface area contributed by atoms with Crippen molar-refractivity contribution in [3.8, 4) is 0 Å². The smallest absolute Gasteiger partial charge is 0.180 e. The van der Waals surface area contributed by atoms with Crippen molar-refractivity contribution in [3.63, 3.8) is 0 Å². The molecule has 2 heterocycles. The molecule has 0 aromatic carbocycles. The van der Waals surface area contributed by atoms with E-state index in [2.05, 4.69) is 34.4 Å². The molecule has 0 saturated carbocycles. The van der Waals surface area contributed by atoms with E-state index in [1.165, 1.54) is 0 Å². The maximum Gasteiger partial charge on any atom is 0.180 e. The van der Waals surface area contributed by atoms with Crippen LogP contribution in [0.2, 0.25) is 0 Å². The number of hydrogen-bond acceptors (Lipinski definition) is 5. The lowest BCUT2D eigenvalue weighted by Gasteiger charge is -2.10. The Balaban J connectivity index is 1.87. The number of unbranched alkanes of at least 4 members (excludes halogenated alkanes) is 1. The quantitative estimate of drug-likeness (QED) is 0.725. The summed E-state index contributed by atoms with van der Waals surface area (Å²) in [6.07, 6.45) is 8.01. The van der Waals surface area contributed by atoms with Gasteiger partial charge in [-0.2, -0.15) is 0 Å². The zero-order valence-corrected chi connectivity index (χ0v) is 12.4. The number of anilines is 2. The first-order valence-corrected chi connectivity index (χ1v) is 7.07. The topological polar surface area (TPSA) is 63.5 Å². The largest absolute Gasteiger partial charge is 0.379 e. The molecule has 2 N–H and O–H groups in total. The molecule has 2 rings (SSSR count). The zero-order valence-electron chi connectivity index (χ0n) is 12.4. The molecule has 0 saturated heterocycles. The van der Waals surface area contributed by atoms with Gasteiger partial charge in [0.2, 0.25) is 0 Å². The van der Waals surface area contributed by atoms with Gasteiger partial charge in [0.25, 0.3) is 0 Å². The lowest BCUT2D eigenvalue weighted by Crippen LogP contribution is -2.09. The summed E-state index contributed by atoms with van der Waals surface area (Å²) in [4.78, 5) is 8.82. The van der Waals surface area contributed by atoms with Crippen molar-refractivity contribution in [2.24, 2.45) is 0 Å². The Bertz CT molecular complexity index is 537. The number of imidazole rings is 1. The highest BCUT2D eigenvalue weighted by atomic mass is 16.5. The van der Waals surface area contributed by atoms with Gasteiger partial charge in [0, 0.05) is 32.6 Å². The van der Waals surface area contributed by atoms with E-state index in [0.29, 0.717) is 6.10 Å². The fraction of sp³-hybridized carbons (Fsp3) is 0.571. The molecule has 110 valence electrons. The van der Waals surface area contributed by atoms with Gasteiger partial charge in [-0.25, -0.2) is 9.97 Å². The predicted octanol–water partition coefficient (Wildman–Crippen LogP) is 2.39. The van der Waals surface area contributed by atoms with Gasteiger partial charge < -0.3 is 19.8 Å². The highest BCUT2D eigenvalue weighted by Crippen LogP contribution is 2.15. The van der Waals surface area contributed by atoms with E-state index in [9.17, 15) is 0 Å². The SMILES string of the molecule is CNc1cn2ccnc2c(NCCCCOC(C)C)n1. The van der Waals surface area contributed by atoms with Crippen LogP contribution in [0.3, 0.4) is 0 Å². The van der Waals surface area contributed by atoms with Crippen molar-refractivity contribution in [2.45, 2.75) is 32.8 Å². The second-order valence-corrected chi connectivity index (χ2v) is 4.94. The standard InChI is InChI=1S/C14H23N5O/c1-11(2)20-9-5-4-6-16-13-14-17-7-8-19(14)10-12(15-3)18-13/h7-8,10-11,15H,4-6,9H2,1-3H3,(H,16,18). The summed E-state index contributed by atoms with van der Waals surface area (Å²) >= 11 is 0. The molecule has 0 bridgehead atoms. The molecule has 0 aliphatic carbocycles. The van der Waals surface area contributed by atoms with Gasteiger partial charge >= 0.3 is 0 Å². The van der Waals surface area contributed by atoms with E-state index < -0.39 is 0 Å². The molecule has 6 nitrogen and oxygen atoms in total. The third kappa shape index (κ3) is 3.84. The maximum absolute atomic E-state index is 5.52. The van der Waals surface area contributed by atoms with Crippen LogP contribution in [0.15, 0.2) is 18.6 Å². The number of ether oxygens (including phenoxy) is 1. The summed E-state index contributed by atoms with van der Waals surface area (Å²) in [6.45, 7) is 5.78. The Morgan fingerprint density at radius 2 is 2.20 bits per heavy atom. The lowest BCUT2D eigenvalue weighted by atomic mass is 10.3. The van der Waals surface area contributed by atoms with Crippen LogP contribution in [-0.4, -0.2) is 40.7 Å². The van der Waals surface area contributed by atoms with Crippen LogP contribution in [0.1, 0.15) is 26.7 Å². The molecular formula is C14H23N5O. The number of aromatic nitrogens is 3. The highest BCUT2D eigenvalue weighted by molar-refractivity contribution is 5.65. The van der Waals surface area contributed by atoms with E-state index in [-0.39, 0.29) is 0 Å². The van der Waals surface area contributed by atoms with Crippen molar-refractivity contribution in [1.29, 1.82) is 0 Å². The van der Waals surface area contributed by atoms with Gasteiger partial charge in [-0.05, 0) is 26.7 Å². The summed E-state index contributed by atoms with van der Waals surface area (Å²) < 4.78 is 7.48. The first kappa shape index (κ1) is 14.6. The molecule has 0 radical (unpaired) electrons. The Hall–Kier alpha value is -1.82. The zero-order chi connectivity index (χ0) is 14.4. The van der Waals surface area contributed by atoms with Crippen molar-refractivity contribution in [3.05, 3.63) is 18.6 Å². The van der Waals surface area contributed by atoms with Crippen LogP contribution in [0.25, 0.3) is 5.65 Å². The van der Waals surface area contributed by atoms with Crippen LogP contribution in [0.4, 0.5) is 11.6 Å². The van der Waals surface area contributed by atoms with Crippen LogP contribution < -0.4 is 10.6 Å². The average Bonchev–Trinajstić information content (AvgIpc) is 2.90. The summed E-state index contributed by atoms with van der Waals surface area (Å²) in [7, 11) is 1.86. The Kier molecular flexibility index (Phi) is 5.17. The van der Waals surface area contributed by atoms with Gasteiger partial charge in [-0.15, -0.1) is 0 Å². The number of rotatable bonds is 8. The molecule has 0 atom stereocenters. The third-order valence-electron chi connectivity index (χ3n) is 2.94. The predicted molar refractivity (Wildman–Crippen MR) is 81.3 cm³/mol. The molecule has 20 heavy (non-hydrogen) atoms. The number of nitrogens with zero attached hydrogens (tertiary/aromatic N) is 3. The van der Waals surface area contributed by atoms with Crippen molar-refractivity contribution in [1.82, 2.24) is 14.4 Å². The number of nitrogens with one attached hydrogen (secondary N) is 2. The van der Waals surface area contributed by atoms with Crippen LogP contribution in [-0.2, 0) is 4.74 Å². The van der Waals surface area contributed by atoms with E-state index >= 15 is 0 Å². The monoisotopic (exact) mass is 277 g/mol. The highest BCUT2D eigenvalue weighted by Gasteiger charge is 2.06. The summed E-state index contributed by atoms with van der Waals surface area (Å²) in [5, 5.41) is 6.40. The number of hydrogen-bond donors (Lipinski definition) is 2. The first-order valence-electron chi connectivity index (χ1n) is 7.07.